The van der Waals surface area contributed by atoms with Crippen LogP contribution in [-0.2, 0) is 9.59 Å². The Morgan fingerprint density at radius 2 is 1.67 bits per heavy atom. The van der Waals surface area contributed by atoms with Crippen LogP contribution in [0.2, 0.25) is 0 Å². The van der Waals surface area contributed by atoms with Crippen molar-refractivity contribution < 1.29 is 9.59 Å². The summed E-state index contributed by atoms with van der Waals surface area (Å²) < 4.78 is 0. The number of rotatable bonds is 5. The molecule has 1 saturated heterocycles. The van der Waals surface area contributed by atoms with Crippen LogP contribution in [0.3, 0.4) is 0 Å². The van der Waals surface area contributed by atoms with Crippen LogP contribution in [0.1, 0.15) is 60.3 Å². The third-order valence-corrected chi connectivity index (χ3v) is 4.00. The first-order valence-electron chi connectivity index (χ1n) is 8.46. The zero-order valence-electron chi connectivity index (χ0n) is 14.4. The average Bonchev–Trinajstić information content (AvgIpc) is 2.44. The van der Waals surface area contributed by atoms with Gasteiger partial charge in [0.1, 0.15) is 0 Å². The van der Waals surface area contributed by atoms with Crippen LogP contribution in [-0.4, -0.2) is 47.3 Å². The monoisotopic (exact) mass is 296 g/mol. The van der Waals surface area contributed by atoms with Crippen LogP contribution < -0.4 is 0 Å². The normalized spacial score (nSPS) is 19.2. The Morgan fingerprint density at radius 1 is 1.10 bits per heavy atom. The fraction of sp³-hybridized carbons (Fsp3) is 0.882. The van der Waals surface area contributed by atoms with Gasteiger partial charge in [0.25, 0.3) is 0 Å². The number of carbonyl (C=O) groups excluding carboxylic acids is 2. The number of piperidine rings is 1. The zero-order chi connectivity index (χ0) is 16.0. The summed E-state index contributed by atoms with van der Waals surface area (Å²) in [6.45, 7) is 12.5. The van der Waals surface area contributed by atoms with Crippen LogP contribution in [0.4, 0.5) is 0 Å². The Labute approximate surface area is 129 Å². The molecule has 0 spiro atoms. The molecule has 1 aliphatic rings. The summed E-state index contributed by atoms with van der Waals surface area (Å²) in [6, 6.07) is 0.246. The summed E-state index contributed by atoms with van der Waals surface area (Å²) in [5.74, 6) is 0.160. The van der Waals surface area contributed by atoms with E-state index in [2.05, 4.69) is 34.6 Å². The predicted molar refractivity (Wildman–Crippen MR) is 85.9 cm³/mol. The first-order chi connectivity index (χ1) is 9.86. The number of carbonyl (C=O) groups is 2. The molecule has 0 N–H and O–H groups in total. The highest BCUT2D eigenvalue weighted by atomic mass is 16.2. The maximum atomic E-state index is 12.6. The fourth-order valence-electron chi connectivity index (χ4n) is 3.07. The van der Waals surface area contributed by atoms with Gasteiger partial charge in [-0.2, -0.15) is 0 Å². The van der Waals surface area contributed by atoms with E-state index in [-0.39, 0.29) is 17.9 Å². The van der Waals surface area contributed by atoms with Crippen LogP contribution >= 0.6 is 0 Å². The lowest BCUT2D eigenvalue weighted by Crippen LogP contribution is -2.52. The Kier molecular flexibility index (Phi) is 7.20. The lowest BCUT2D eigenvalue weighted by atomic mass is 10.00. The Hall–Kier alpha value is -1.06. The summed E-state index contributed by atoms with van der Waals surface area (Å²) in [5, 5.41) is 0. The van der Waals surface area contributed by atoms with Crippen molar-refractivity contribution in [1.82, 2.24) is 9.80 Å². The van der Waals surface area contributed by atoms with Gasteiger partial charge in [-0.15, -0.1) is 0 Å². The van der Waals surface area contributed by atoms with E-state index in [1.807, 2.05) is 4.90 Å². The first-order valence-corrected chi connectivity index (χ1v) is 8.46. The molecule has 1 heterocycles. The summed E-state index contributed by atoms with van der Waals surface area (Å²) in [6.07, 6.45) is 4.15. The number of amides is 2. The molecule has 4 nitrogen and oxygen atoms in total. The van der Waals surface area contributed by atoms with E-state index in [1.165, 1.54) is 0 Å². The summed E-state index contributed by atoms with van der Waals surface area (Å²) in [4.78, 5) is 28.8. The van der Waals surface area contributed by atoms with Crippen molar-refractivity contribution >= 4 is 11.8 Å². The highest BCUT2D eigenvalue weighted by Gasteiger charge is 2.32. The molecule has 1 atom stereocenters. The van der Waals surface area contributed by atoms with Crippen LogP contribution in [0.5, 0.6) is 0 Å². The molecule has 1 fully saturated rings. The van der Waals surface area contributed by atoms with Crippen LogP contribution in [0.25, 0.3) is 0 Å². The number of hydrogen-bond acceptors (Lipinski definition) is 2. The summed E-state index contributed by atoms with van der Waals surface area (Å²) in [5.41, 5.74) is 0. The molecular weight excluding hydrogens is 264 g/mol. The second-order valence-corrected chi connectivity index (χ2v) is 7.05. The van der Waals surface area contributed by atoms with Gasteiger partial charge in [-0.05, 0) is 37.5 Å². The lowest BCUT2D eigenvalue weighted by molar-refractivity contribution is -0.154. The molecule has 0 aromatic heterocycles. The Bertz CT molecular complexity index is 343. The molecule has 0 aromatic carbocycles. The standard InChI is InChI=1S/C17H32N2O2/c1-6-15-9-7-8-10-19(15)17(21)16(20)18(11-13(2)3)12-14(4)5/h13-15H,6-12H2,1-5H3. The molecule has 0 radical (unpaired) electrons. The van der Waals surface area contributed by atoms with E-state index in [9.17, 15) is 9.59 Å². The average molecular weight is 296 g/mol. The quantitative estimate of drug-likeness (QED) is 0.732. The van der Waals surface area contributed by atoms with Crippen molar-refractivity contribution in [3.8, 4) is 0 Å². The van der Waals surface area contributed by atoms with Gasteiger partial charge >= 0.3 is 11.8 Å². The highest BCUT2D eigenvalue weighted by molar-refractivity contribution is 6.35. The second-order valence-electron chi connectivity index (χ2n) is 7.05. The molecule has 0 bridgehead atoms. The Balaban J connectivity index is 2.78. The van der Waals surface area contributed by atoms with Gasteiger partial charge in [-0.1, -0.05) is 34.6 Å². The third-order valence-electron chi connectivity index (χ3n) is 4.00. The lowest BCUT2D eigenvalue weighted by Gasteiger charge is -2.36. The van der Waals surface area contributed by atoms with Crippen molar-refractivity contribution in [2.75, 3.05) is 19.6 Å². The van der Waals surface area contributed by atoms with Gasteiger partial charge < -0.3 is 9.80 Å². The molecule has 21 heavy (non-hydrogen) atoms. The van der Waals surface area contributed by atoms with E-state index in [4.69, 9.17) is 0 Å². The molecular formula is C17H32N2O2. The largest absolute Gasteiger partial charge is 0.334 e. The van der Waals surface area contributed by atoms with Gasteiger partial charge in [0.05, 0.1) is 0 Å². The first kappa shape index (κ1) is 18.0. The van der Waals surface area contributed by atoms with Gasteiger partial charge in [0.2, 0.25) is 0 Å². The SMILES string of the molecule is CCC1CCCCN1C(=O)C(=O)N(CC(C)C)CC(C)C. The molecule has 1 rings (SSSR count). The fourth-order valence-corrected chi connectivity index (χ4v) is 3.07. The van der Waals surface area contributed by atoms with E-state index in [0.717, 1.165) is 32.2 Å². The second kappa shape index (κ2) is 8.40. The van der Waals surface area contributed by atoms with Crippen molar-refractivity contribution in [2.24, 2.45) is 11.8 Å². The summed E-state index contributed by atoms with van der Waals surface area (Å²) >= 11 is 0. The zero-order valence-corrected chi connectivity index (χ0v) is 14.4. The molecule has 122 valence electrons. The van der Waals surface area contributed by atoms with Crippen LogP contribution in [0, 0.1) is 11.8 Å². The number of likely N-dealkylation sites (tertiary alicyclic amines) is 1. The van der Waals surface area contributed by atoms with Crippen molar-refractivity contribution in [3.05, 3.63) is 0 Å². The molecule has 1 unspecified atom stereocenters. The smallest absolute Gasteiger partial charge is 0.312 e. The Morgan fingerprint density at radius 3 is 2.14 bits per heavy atom. The van der Waals surface area contributed by atoms with E-state index in [0.29, 0.717) is 24.9 Å². The van der Waals surface area contributed by atoms with Crippen molar-refractivity contribution in [1.29, 1.82) is 0 Å². The number of nitrogens with zero attached hydrogens (tertiary/aromatic N) is 2. The van der Waals surface area contributed by atoms with Gasteiger partial charge in [0.15, 0.2) is 0 Å². The van der Waals surface area contributed by atoms with Gasteiger partial charge in [-0.3, -0.25) is 9.59 Å². The van der Waals surface area contributed by atoms with E-state index < -0.39 is 0 Å². The van der Waals surface area contributed by atoms with E-state index >= 15 is 0 Å². The molecule has 0 aromatic rings. The summed E-state index contributed by atoms with van der Waals surface area (Å²) in [7, 11) is 0. The van der Waals surface area contributed by atoms with Gasteiger partial charge in [-0.25, -0.2) is 0 Å². The van der Waals surface area contributed by atoms with Crippen molar-refractivity contribution in [2.45, 2.75) is 66.3 Å². The molecule has 0 aliphatic carbocycles. The predicted octanol–water partition coefficient (Wildman–Crippen LogP) is 2.92. The molecule has 4 heteroatoms. The minimum absolute atomic E-state index is 0.246. The minimum Gasteiger partial charge on any atom is -0.334 e. The molecule has 0 saturated carbocycles. The van der Waals surface area contributed by atoms with Crippen LogP contribution in [0.15, 0.2) is 0 Å². The minimum atomic E-state index is -0.308. The maximum Gasteiger partial charge on any atom is 0.312 e. The number of hydrogen-bond donors (Lipinski definition) is 0. The van der Waals surface area contributed by atoms with Gasteiger partial charge in [0, 0.05) is 25.7 Å². The van der Waals surface area contributed by atoms with E-state index in [1.54, 1.807) is 4.90 Å². The van der Waals surface area contributed by atoms with Crippen molar-refractivity contribution in [3.63, 3.8) is 0 Å². The molecule has 1 aliphatic heterocycles. The maximum absolute atomic E-state index is 12.6. The molecule has 2 amide bonds. The third kappa shape index (κ3) is 5.33. The highest BCUT2D eigenvalue weighted by Crippen LogP contribution is 2.20. The topological polar surface area (TPSA) is 40.6 Å².